The second-order valence-electron chi connectivity index (χ2n) is 4.95. The summed E-state index contributed by atoms with van der Waals surface area (Å²) in [5, 5.41) is 19.5. The third kappa shape index (κ3) is 1.56. The molecule has 3 atom stereocenters. The molecule has 2 fully saturated rings. The first-order valence-corrected chi connectivity index (χ1v) is 5.59. The highest BCUT2D eigenvalue weighted by Crippen LogP contribution is 2.47. The summed E-state index contributed by atoms with van der Waals surface area (Å²) >= 11 is 0. The molecule has 1 heterocycles. The molecular weight excluding hydrogens is 196 g/mol. The van der Waals surface area contributed by atoms with Crippen LogP contribution < -0.4 is 0 Å². The van der Waals surface area contributed by atoms with E-state index in [1.165, 1.54) is 0 Å². The molecule has 0 aromatic rings. The number of aliphatic carboxylic acids is 1. The first-order valence-electron chi connectivity index (χ1n) is 5.59. The molecule has 3 unspecified atom stereocenters. The Balaban J connectivity index is 2.29. The number of aliphatic hydroxyl groups is 1. The molecule has 2 rings (SSSR count). The van der Waals surface area contributed by atoms with E-state index in [9.17, 15) is 15.0 Å². The van der Waals surface area contributed by atoms with Crippen LogP contribution in [0.5, 0.6) is 0 Å². The van der Waals surface area contributed by atoms with Crippen LogP contribution in [0.2, 0.25) is 0 Å². The monoisotopic (exact) mass is 214 g/mol. The quantitative estimate of drug-likeness (QED) is 0.724. The highest BCUT2D eigenvalue weighted by Gasteiger charge is 2.57. The van der Waals surface area contributed by atoms with E-state index >= 15 is 0 Å². The summed E-state index contributed by atoms with van der Waals surface area (Å²) in [6.07, 6.45) is 3.62. The number of hydrogen-bond donors (Lipinski definition) is 2. The third-order valence-corrected chi connectivity index (χ3v) is 3.90. The zero-order valence-electron chi connectivity index (χ0n) is 9.03. The van der Waals surface area contributed by atoms with Gasteiger partial charge in [-0.1, -0.05) is 6.42 Å². The predicted molar refractivity (Wildman–Crippen MR) is 53.5 cm³/mol. The standard InChI is InChI=1S/C11H18O4/c1-10(14)5-2-4-8(10)11(9(12)13)6-3-7-15-11/h8,14H,2-7H2,1H3,(H,12,13). The van der Waals surface area contributed by atoms with E-state index in [4.69, 9.17) is 4.74 Å². The summed E-state index contributed by atoms with van der Waals surface area (Å²) in [6.45, 7) is 2.23. The van der Waals surface area contributed by atoms with Crippen LogP contribution in [0.4, 0.5) is 0 Å². The van der Waals surface area contributed by atoms with E-state index in [0.717, 1.165) is 19.3 Å². The number of carboxylic acids is 1. The maximum atomic E-state index is 11.4. The van der Waals surface area contributed by atoms with Gasteiger partial charge in [0.05, 0.1) is 5.60 Å². The summed E-state index contributed by atoms with van der Waals surface area (Å²) in [4.78, 5) is 11.4. The summed E-state index contributed by atoms with van der Waals surface area (Å²) in [6, 6.07) is 0. The van der Waals surface area contributed by atoms with Crippen LogP contribution in [0.15, 0.2) is 0 Å². The molecular formula is C11H18O4. The van der Waals surface area contributed by atoms with Gasteiger partial charge in [-0.25, -0.2) is 4.79 Å². The van der Waals surface area contributed by atoms with Gasteiger partial charge in [0.25, 0.3) is 0 Å². The third-order valence-electron chi connectivity index (χ3n) is 3.90. The highest BCUT2D eigenvalue weighted by molar-refractivity contribution is 5.78. The molecule has 2 N–H and O–H groups in total. The van der Waals surface area contributed by atoms with Gasteiger partial charge in [0.1, 0.15) is 0 Å². The van der Waals surface area contributed by atoms with Crippen LogP contribution >= 0.6 is 0 Å². The van der Waals surface area contributed by atoms with Crippen molar-refractivity contribution in [2.45, 2.75) is 50.2 Å². The molecule has 1 saturated heterocycles. The van der Waals surface area contributed by atoms with E-state index in [1.54, 1.807) is 6.92 Å². The molecule has 4 nitrogen and oxygen atoms in total. The molecule has 1 saturated carbocycles. The van der Waals surface area contributed by atoms with Gasteiger partial charge in [-0.05, 0) is 32.6 Å². The second-order valence-corrected chi connectivity index (χ2v) is 4.95. The number of carbonyl (C=O) groups is 1. The van der Waals surface area contributed by atoms with Crippen LogP contribution in [0.3, 0.4) is 0 Å². The van der Waals surface area contributed by atoms with Gasteiger partial charge in [0.2, 0.25) is 0 Å². The molecule has 1 aliphatic carbocycles. The molecule has 0 aromatic heterocycles. The van der Waals surface area contributed by atoms with Crippen molar-refractivity contribution in [1.29, 1.82) is 0 Å². The van der Waals surface area contributed by atoms with Gasteiger partial charge in [-0.2, -0.15) is 0 Å². The van der Waals surface area contributed by atoms with Gasteiger partial charge in [-0.3, -0.25) is 0 Å². The van der Waals surface area contributed by atoms with Crippen molar-refractivity contribution in [3.8, 4) is 0 Å². The molecule has 2 aliphatic rings. The number of rotatable bonds is 2. The summed E-state index contributed by atoms with van der Waals surface area (Å²) < 4.78 is 5.46. The average molecular weight is 214 g/mol. The van der Waals surface area contributed by atoms with Crippen LogP contribution in [-0.4, -0.2) is 34.0 Å². The minimum Gasteiger partial charge on any atom is -0.479 e. The zero-order chi connectivity index (χ0) is 11.1. The van der Waals surface area contributed by atoms with Gasteiger partial charge >= 0.3 is 5.97 Å². The first-order chi connectivity index (χ1) is 6.99. The molecule has 1 aliphatic heterocycles. The molecule has 0 spiro atoms. The molecule has 0 amide bonds. The van der Waals surface area contributed by atoms with Crippen LogP contribution in [0.25, 0.3) is 0 Å². The van der Waals surface area contributed by atoms with Crippen molar-refractivity contribution in [2.75, 3.05) is 6.61 Å². The normalized spacial score (nSPS) is 45.9. The Kier molecular flexibility index (Phi) is 2.51. The van der Waals surface area contributed by atoms with Crippen LogP contribution in [0, 0.1) is 5.92 Å². The summed E-state index contributed by atoms with van der Waals surface area (Å²) in [5.41, 5.74) is -2.01. The van der Waals surface area contributed by atoms with Crippen molar-refractivity contribution in [3.05, 3.63) is 0 Å². The molecule has 4 heteroatoms. The van der Waals surface area contributed by atoms with E-state index in [-0.39, 0.29) is 5.92 Å². The maximum absolute atomic E-state index is 11.4. The van der Waals surface area contributed by atoms with Crippen molar-refractivity contribution >= 4 is 5.97 Å². The van der Waals surface area contributed by atoms with Crippen LogP contribution in [0.1, 0.15) is 39.0 Å². The molecule has 86 valence electrons. The Hall–Kier alpha value is -0.610. The number of hydrogen-bond acceptors (Lipinski definition) is 3. The van der Waals surface area contributed by atoms with Crippen molar-refractivity contribution < 1.29 is 19.7 Å². The van der Waals surface area contributed by atoms with E-state index < -0.39 is 17.2 Å². The average Bonchev–Trinajstić information content (AvgIpc) is 2.71. The van der Waals surface area contributed by atoms with E-state index in [2.05, 4.69) is 0 Å². The fourth-order valence-electron chi connectivity index (χ4n) is 3.14. The summed E-state index contributed by atoms with van der Waals surface area (Å²) in [5.74, 6) is -1.17. The Labute approximate surface area is 89.2 Å². The molecule has 0 bridgehead atoms. The largest absolute Gasteiger partial charge is 0.479 e. The van der Waals surface area contributed by atoms with Gasteiger partial charge < -0.3 is 14.9 Å². The Morgan fingerprint density at radius 2 is 2.13 bits per heavy atom. The minimum atomic E-state index is -1.12. The van der Waals surface area contributed by atoms with Gasteiger partial charge in [0.15, 0.2) is 5.60 Å². The lowest BCUT2D eigenvalue weighted by Gasteiger charge is -2.37. The van der Waals surface area contributed by atoms with Crippen molar-refractivity contribution in [2.24, 2.45) is 5.92 Å². The predicted octanol–water partition coefficient (Wildman–Crippen LogP) is 1.17. The fourth-order valence-corrected chi connectivity index (χ4v) is 3.14. The van der Waals surface area contributed by atoms with Crippen LogP contribution in [-0.2, 0) is 9.53 Å². The lowest BCUT2D eigenvalue weighted by Crippen LogP contribution is -2.52. The number of carboxylic acid groups (broad SMARTS) is 1. The molecule has 0 radical (unpaired) electrons. The lowest BCUT2D eigenvalue weighted by atomic mass is 9.76. The van der Waals surface area contributed by atoms with Gasteiger partial charge in [-0.15, -0.1) is 0 Å². The van der Waals surface area contributed by atoms with E-state index in [0.29, 0.717) is 19.4 Å². The maximum Gasteiger partial charge on any atom is 0.336 e. The smallest absolute Gasteiger partial charge is 0.336 e. The van der Waals surface area contributed by atoms with E-state index in [1.807, 2.05) is 0 Å². The fraction of sp³-hybridized carbons (Fsp3) is 0.909. The minimum absolute atomic E-state index is 0.259. The SMILES string of the molecule is CC1(O)CCCC1C1(C(=O)O)CCCO1. The Bertz CT molecular complexity index is 266. The van der Waals surface area contributed by atoms with Gasteiger partial charge in [0, 0.05) is 12.5 Å². The first kappa shape index (κ1) is 10.9. The number of ether oxygens (including phenoxy) is 1. The lowest BCUT2D eigenvalue weighted by molar-refractivity contribution is -0.178. The highest BCUT2D eigenvalue weighted by atomic mass is 16.5. The zero-order valence-corrected chi connectivity index (χ0v) is 9.03. The topological polar surface area (TPSA) is 66.8 Å². The summed E-state index contributed by atoms with van der Waals surface area (Å²) in [7, 11) is 0. The molecule has 15 heavy (non-hydrogen) atoms. The Morgan fingerprint density at radius 3 is 2.53 bits per heavy atom. The second kappa shape index (κ2) is 3.46. The molecule has 0 aromatic carbocycles. The van der Waals surface area contributed by atoms with Crippen molar-refractivity contribution in [1.82, 2.24) is 0 Å². The Morgan fingerprint density at radius 1 is 1.40 bits per heavy atom. The van der Waals surface area contributed by atoms with Crippen molar-refractivity contribution in [3.63, 3.8) is 0 Å².